The minimum atomic E-state index is -0.417. The van der Waals surface area contributed by atoms with Crippen molar-refractivity contribution in [3.63, 3.8) is 0 Å². The summed E-state index contributed by atoms with van der Waals surface area (Å²) in [4.78, 5) is 12.8. The van der Waals surface area contributed by atoms with Gasteiger partial charge in [-0.2, -0.15) is 0 Å². The van der Waals surface area contributed by atoms with E-state index in [1.165, 1.54) is 6.07 Å². The lowest BCUT2D eigenvalue weighted by Crippen LogP contribution is -1.93. The Hall–Kier alpha value is -2.33. The third-order valence-electron chi connectivity index (χ3n) is 2.09. The number of hydrogen-bond acceptors (Lipinski definition) is 3. The second-order valence-electron chi connectivity index (χ2n) is 3.06. The van der Waals surface area contributed by atoms with Crippen LogP contribution in [0.15, 0.2) is 29.4 Å². The van der Waals surface area contributed by atoms with Crippen molar-refractivity contribution in [3.8, 4) is 0 Å². The number of azide groups is 1. The molecule has 0 bridgehead atoms. The van der Waals surface area contributed by atoms with Crippen LogP contribution in [0.2, 0.25) is 0 Å². The van der Waals surface area contributed by atoms with Crippen molar-refractivity contribution in [2.24, 2.45) is 5.11 Å². The first-order chi connectivity index (χ1) is 7.66. The van der Waals surface area contributed by atoms with Crippen LogP contribution in [0.3, 0.4) is 0 Å². The zero-order chi connectivity index (χ0) is 12.0. The molecule has 0 N–H and O–H groups in total. The molecule has 16 heavy (non-hydrogen) atoms. The molecule has 6 heteroatoms. The van der Waals surface area contributed by atoms with Gasteiger partial charge in [-0.25, -0.2) is 0 Å². The quantitative estimate of drug-likeness (QED) is 0.255. The fourth-order valence-electron chi connectivity index (χ4n) is 1.28. The molecule has 1 aromatic carbocycles. The maximum atomic E-state index is 10.7. The molecule has 1 rings (SSSR count). The highest BCUT2D eigenvalue weighted by Crippen LogP contribution is 2.21. The van der Waals surface area contributed by atoms with Gasteiger partial charge in [-0.15, -0.1) is 0 Å². The molecule has 0 spiro atoms. The molecule has 82 valence electrons. The van der Waals surface area contributed by atoms with E-state index in [1.54, 1.807) is 31.2 Å². The van der Waals surface area contributed by atoms with Gasteiger partial charge in [0.1, 0.15) is 0 Å². The molecule has 0 aliphatic carbocycles. The molecule has 1 aromatic rings. The van der Waals surface area contributed by atoms with Gasteiger partial charge in [0, 0.05) is 23.1 Å². The lowest BCUT2D eigenvalue weighted by Gasteiger charge is -2.00. The van der Waals surface area contributed by atoms with Crippen molar-refractivity contribution in [1.29, 1.82) is 0 Å². The van der Waals surface area contributed by atoms with Gasteiger partial charge in [-0.3, -0.25) is 10.1 Å². The Balaban J connectivity index is 2.97. The largest absolute Gasteiger partial charge is 0.272 e. The second kappa shape index (κ2) is 5.53. The molecule has 6 nitrogen and oxygen atoms in total. The normalized spacial score (nSPS) is 10.1. The summed E-state index contributed by atoms with van der Waals surface area (Å²) in [6.45, 7) is 1.92. The monoisotopic (exact) mass is 218 g/mol. The van der Waals surface area contributed by atoms with Crippen molar-refractivity contribution in [2.75, 3.05) is 6.54 Å². The van der Waals surface area contributed by atoms with E-state index >= 15 is 0 Å². The summed E-state index contributed by atoms with van der Waals surface area (Å²) < 4.78 is 0. The van der Waals surface area contributed by atoms with Gasteiger partial charge in [0.25, 0.3) is 5.69 Å². The Morgan fingerprint density at radius 3 is 3.00 bits per heavy atom. The summed E-state index contributed by atoms with van der Waals surface area (Å²) in [5, 5.41) is 14.0. The van der Waals surface area contributed by atoms with Crippen LogP contribution >= 0.6 is 0 Å². The molecule has 0 atom stereocenters. The van der Waals surface area contributed by atoms with Gasteiger partial charge in [-0.1, -0.05) is 29.4 Å². The van der Waals surface area contributed by atoms with Gasteiger partial charge < -0.3 is 0 Å². The van der Waals surface area contributed by atoms with Gasteiger partial charge in [-0.05, 0) is 18.0 Å². The Labute approximate surface area is 92.0 Å². The third-order valence-corrected chi connectivity index (χ3v) is 2.09. The van der Waals surface area contributed by atoms with Crippen LogP contribution in [-0.2, 0) is 0 Å². The summed E-state index contributed by atoms with van der Waals surface area (Å²) in [5.74, 6) is 0. The zero-order valence-corrected chi connectivity index (χ0v) is 8.70. The van der Waals surface area contributed by atoms with Crippen LogP contribution in [0.5, 0.6) is 0 Å². The number of nitro benzene ring substituents is 1. The van der Waals surface area contributed by atoms with Crippen LogP contribution in [0.4, 0.5) is 5.69 Å². The maximum Gasteiger partial charge on any atom is 0.272 e. The minimum absolute atomic E-state index is 0.0888. The Bertz CT molecular complexity index is 476. The van der Waals surface area contributed by atoms with E-state index in [0.29, 0.717) is 5.56 Å². The summed E-state index contributed by atoms with van der Waals surface area (Å²) in [6, 6.07) is 4.85. The molecule has 0 aromatic heterocycles. The Morgan fingerprint density at radius 1 is 1.62 bits per heavy atom. The minimum Gasteiger partial charge on any atom is -0.258 e. The number of benzene rings is 1. The van der Waals surface area contributed by atoms with E-state index in [0.717, 1.165) is 5.56 Å². The molecular weight excluding hydrogens is 208 g/mol. The fraction of sp³-hybridized carbons (Fsp3) is 0.200. The topological polar surface area (TPSA) is 91.9 Å². The lowest BCUT2D eigenvalue weighted by atomic mass is 10.1. The molecule has 0 aliphatic heterocycles. The van der Waals surface area contributed by atoms with Crippen LogP contribution in [0.1, 0.15) is 11.1 Å². The van der Waals surface area contributed by atoms with Gasteiger partial charge in [0.15, 0.2) is 0 Å². The summed E-state index contributed by atoms with van der Waals surface area (Å²) in [6.07, 6.45) is 3.36. The van der Waals surface area contributed by atoms with E-state index in [4.69, 9.17) is 5.53 Å². The highest BCUT2D eigenvalue weighted by atomic mass is 16.6. The number of nitro groups is 1. The first kappa shape index (κ1) is 11.7. The van der Waals surface area contributed by atoms with E-state index < -0.39 is 4.92 Å². The third kappa shape index (κ3) is 2.83. The smallest absolute Gasteiger partial charge is 0.258 e. The van der Waals surface area contributed by atoms with Crippen LogP contribution in [0, 0.1) is 17.0 Å². The summed E-state index contributed by atoms with van der Waals surface area (Å²) in [7, 11) is 0. The SMILES string of the molecule is Cc1c(C=CCN=[N+]=[N-])cccc1[N+](=O)[O-]. The fourth-order valence-corrected chi connectivity index (χ4v) is 1.28. The predicted molar refractivity (Wildman–Crippen MR) is 60.9 cm³/mol. The predicted octanol–water partition coefficient (Wildman–Crippen LogP) is 3.23. The molecule has 0 amide bonds. The van der Waals surface area contributed by atoms with Gasteiger partial charge in [0.05, 0.1) is 4.92 Å². The van der Waals surface area contributed by atoms with Gasteiger partial charge in [0.2, 0.25) is 0 Å². The van der Waals surface area contributed by atoms with Crippen LogP contribution in [0.25, 0.3) is 16.5 Å². The molecule has 0 fully saturated rings. The Kier molecular flexibility index (Phi) is 4.06. The van der Waals surface area contributed by atoms with E-state index in [-0.39, 0.29) is 12.2 Å². The van der Waals surface area contributed by atoms with E-state index in [2.05, 4.69) is 10.0 Å². The van der Waals surface area contributed by atoms with E-state index in [1.807, 2.05) is 0 Å². The van der Waals surface area contributed by atoms with Crippen molar-refractivity contribution in [1.82, 2.24) is 0 Å². The van der Waals surface area contributed by atoms with E-state index in [9.17, 15) is 10.1 Å². The molecule has 0 radical (unpaired) electrons. The maximum absolute atomic E-state index is 10.7. The molecule has 0 saturated carbocycles. The van der Waals surface area contributed by atoms with Crippen LogP contribution in [-0.4, -0.2) is 11.5 Å². The molecule has 0 saturated heterocycles. The first-order valence-electron chi connectivity index (χ1n) is 4.58. The highest BCUT2D eigenvalue weighted by molar-refractivity contribution is 5.59. The first-order valence-corrected chi connectivity index (χ1v) is 4.58. The summed E-state index contributed by atoms with van der Waals surface area (Å²) in [5.41, 5.74) is 9.51. The number of nitrogens with zero attached hydrogens (tertiary/aromatic N) is 4. The highest BCUT2D eigenvalue weighted by Gasteiger charge is 2.10. The molecule has 0 aliphatic rings. The molecular formula is C10H10N4O2. The molecule has 0 heterocycles. The lowest BCUT2D eigenvalue weighted by molar-refractivity contribution is -0.385. The van der Waals surface area contributed by atoms with Gasteiger partial charge >= 0.3 is 0 Å². The zero-order valence-electron chi connectivity index (χ0n) is 8.70. The summed E-state index contributed by atoms with van der Waals surface area (Å²) >= 11 is 0. The molecule has 0 unspecified atom stereocenters. The number of hydrogen-bond donors (Lipinski definition) is 0. The van der Waals surface area contributed by atoms with Crippen LogP contribution < -0.4 is 0 Å². The average Bonchev–Trinajstić information content (AvgIpc) is 2.26. The van der Waals surface area contributed by atoms with Crippen molar-refractivity contribution >= 4 is 11.8 Å². The van der Waals surface area contributed by atoms with Crippen molar-refractivity contribution in [3.05, 3.63) is 56.0 Å². The average molecular weight is 218 g/mol. The number of rotatable bonds is 4. The van der Waals surface area contributed by atoms with Crippen molar-refractivity contribution < 1.29 is 4.92 Å². The second-order valence-corrected chi connectivity index (χ2v) is 3.06. The van der Waals surface area contributed by atoms with Crippen molar-refractivity contribution in [2.45, 2.75) is 6.92 Å². The standard InChI is InChI=1S/C10H10N4O2/c1-8-9(5-3-7-12-13-11)4-2-6-10(8)14(15)16/h2-6H,7H2,1H3. The Morgan fingerprint density at radius 2 is 2.38 bits per heavy atom.